The molecule has 1 saturated heterocycles. The topological polar surface area (TPSA) is 115 Å². The number of nitrogens with zero attached hydrogens (tertiary/aromatic N) is 4. The Labute approximate surface area is 147 Å². The second-order valence-corrected chi connectivity index (χ2v) is 9.16. The number of carbonyl (C=O) groups is 1. The monoisotopic (exact) mass is 372 g/mol. The molecule has 1 aromatic heterocycles. The van der Waals surface area contributed by atoms with Crippen LogP contribution in [0.1, 0.15) is 31.7 Å². The van der Waals surface area contributed by atoms with Crippen LogP contribution in [0.15, 0.2) is 0 Å². The predicted octanol–water partition coefficient (Wildman–Crippen LogP) is 1.08. The van der Waals surface area contributed by atoms with Crippen molar-refractivity contribution in [3.05, 3.63) is 21.5 Å². The molecule has 0 unspecified atom stereocenters. The number of hydrogen-bond donors (Lipinski definition) is 0. The molecular formula is C15H24N4O5S. The standard InChI is InChI=1S/C15H24N4O5S/c1-10(2)7-17(13-5-6-25(23,24)9-13)14(20)8-18-12(4)15(19(21)22)11(3)16-18/h10,13H,5-9H2,1-4H3/t13-/m0/s1. The maximum atomic E-state index is 12.8. The summed E-state index contributed by atoms with van der Waals surface area (Å²) in [5.74, 6) is -0.0217. The fourth-order valence-electron chi connectivity index (χ4n) is 3.19. The van der Waals surface area contributed by atoms with Gasteiger partial charge in [-0.1, -0.05) is 13.8 Å². The lowest BCUT2D eigenvalue weighted by molar-refractivity contribution is -0.386. The van der Waals surface area contributed by atoms with Crippen molar-refractivity contribution in [2.75, 3.05) is 18.1 Å². The molecule has 1 fully saturated rings. The minimum absolute atomic E-state index is 0.0251. The van der Waals surface area contributed by atoms with E-state index in [0.29, 0.717) is 18.7 Å². The molecule has 10 heteroatoms. The van der Waals surface area contributed by atoms with Crippen molar-refractivity contribution >= 4 is 21.4 Å². The Bertz CT molecular complexity index is 784. The maximum absolute atomic E-state index is 12.8. The van der Waals surface area contributed by atoms with Crippen LogP contribution in [0.2, 0.25) is 0 Å². The quantitative estimate of drug-likeness (QED) is 0.545. The molecule has 9 nitrogen and oxygen atoms in total. The fraction of sp³-hybridized carbons (Fsp3) is 0.733. The Morgan fingerprint density at radius 1 is 1.44 bits per heavy atom. The fourth-order valence-corrected chi connectivity index (χ4v) is 4.92. The third kappa shape index (κ3) is 4.36. The van der Waals surface area contributed by atoms with Gasteiger partial charge in [0.05, 0.1) is 16.4 Å². The highest BCUT2D eigenvalue weighted by atomic mass is 32.2. The molecule has 0 saturated carbocycles. The average Bonchev–Trinajstić information content (AvgIpc) is 2.95. The SMILES string of the molecule is Cc1nn(CC(=O)N(CC(C)C)[C@H]2CCS(=O)(=O)C2)c(C)c1[N+](=O)[O-]. The number of aromatic nitrogens is 2. The van der Waals surface area contributed by atoms with E-state index in [9.17, 15) is 23.3 Å². The third-order valence-electron chi connectivity index (χ3n) is 4.34. The lowest BCUT2D eigenvalue weighted by Crippen LogP contribution is -2.45. The number of aryl methyl sites for hydroxylation is 1. The van der Waals surface area contributed by atoms with Crippen LogP contribution in [0.4, 0.5) is 5.69 Å². The van der Waals surface area contributed by atoms with E-state index >= 15 is 0 Å². The Morgan fingerprint density at radius 2 is 2.08 bits per heavy atom. The van der Waals surface area contributed by atoms with Gasteiger partial charge in [-0.15, -0.1) is 0 Å². The normalized spacial score (nSPS) is 19.3. The van der Waals surface area contributed by atoms with Gasteiger partial charge in [0.2, 0.25) is 5.91 Å². The molecular weight excluding hydrogens is 348 g/mol. The molecule has 0 radical (unpaired) electrons. The van der Waals surface area contributed by atoms with Gasteiger partial charge in [-0.3, -0.25) is 19.6 Å². The summed E-state index contributed by atoms with van der Waals surface area (Å²) in [4.78, 5) is 25.0. The van der Waals surface area contributed by atoms with E-state index in [-0.39, 0.29) is 47.3 Å². The van der Waals surface area contributed by atoms with E-state index in [1.54, 1.807) is 11.8 Å². The van der Waals surface area contributed by atoms with Gasteiger partial charge in [0.1, 0.15) is 17.9 Å². The number of amides is 1. The molecule has 1 aliphatic rings. The minimum Gasteiger partial charge on any atom is -0.337 e. The first-order valence-electron chi connectivity index (χ1n) is 8.20. The van der Waals surface area contributed by atoms with Crippen molar-refractivity contribution in [3.63, 3.8) is 0 Å². The molecule has 1 aromatic rings. The van der Waals surface area contributed by atoms with Crippen molar-refractivity contribution < 1.29 is 18.1 Å². The molecule has 1 amide bonds. The van der Waals surface area contributed by atoms with Gasteiger partial charge in [-0.25, -0.2) is 8.42 Å². The first-order chi connectivity index (χ1) is 11.5. The van der Waals surface area contributed by atoms with Crippen molar-refractivity contribution in [2.45, 2.75) is 46.7 Å². The second kappa shape index (κ2) is 7.11. The molecule has 2 heterocycles. The Morgan fingerprint density at radius 3 is 2.52 bits per heavy atom. The maximum Gasteiger partial charge on any atom is 0.312 e. The number of nitro groups is 1. The van der Waals surface area contributed by atoms with Gasteiger partial charge in [-0.2, -0.15) is 5.10 Å². The van der Waals surface area contributed by atoms with Crippen LogP contribution in [-0.4, -0.2) is 58.0 Å². The Balaban J connectivity index is 2.23. The van der Waals surface area contributed by atoms with Gasteiger partial charge in [0, 0.05) is 12.6 Å². The first-order valence-corrected chi connectivity index (χ1v) is 10.0. The van der Waals surface area contributed by atoms with Crippen molar-refractivity contribution in [1.82, 2.24) is 14.7 Å². The van der Waals surface area contributed by atoms with E-state index in [0.717, 1.165) is 0 Å². The highest BCUT2D eigenvalue weighted by Gasteiger charge is 2.35. The van der Waals surface area contributed by atoms with Gasteiger partial charge in [0.25, 0.3) is 0 Å². The van der Waals surface area contributed by atoms with Gasteiger partial charge < -0.3 is 4.90 Å². The third-order valence-corrected chi connectivity index (χ3v) is 6.09. The Hall–Kier alpha value is -1.97. The van der Waals surface area contributed by atoms with E-state index in [2.05, 4.69) is 5.10 Å². The van der Waals surface area contributed by atoms with Crippen LogP contribution < -0.4 is 0 Å². The molecule has 0 aromatic carbocycles. The zero-order valence-electron chi connectivity index (χ0n) is 14.9. The summed E-state index contributed by atoms with van der Waals surface area (Å²) in [5, 5.41) is 15.2. The highest BCUT2D eigenvalue weighted by Crippen LogP contribution is 2.23. The minimum atomic E-state index is -3.11. The van der Waals surface area contributed by atoms with Crippen LogP contribution in [0.25, 0.3) is 0 Å². The highest BCUT2D eigenvalue weighted by molar-refractivity contribution is 7.91. The van der Waals surface area contributed by atoms with Crippen molar-refractivity contribution in [2.24, 2.45) is 5.92 Å². The van der Waals surface area contributed by atoms with Crippen LogP contribution in [0.5, 0.6) is 0 Å². The summed E-state index contributed by atoms with van der Waals surface area (Å²) < 4.78 is 24.8. The number of sulfone groups is 1. The van der Waals surface area contributed by atoms with Crippen LogP contribution in [-0.2, 0) is 21.2 Å². The molecule has 0 N–H and O–H groups in total. The Kier molecular flexibility index (Phi) is 5.50. The summed E-state index contributed by atoms with van der Waals surface area (Å²) in [6.45, 7) is 7.31. The smallest absolute Gasteiger partial charge is 0.312 e. The van der Waals surface area contributed by atoms with Crippen molar-refractivity contribution in [3.8, 4) is 0 Å². The van der Waals surface area contributed by atoms with E-state index in [1.165, 1.54) is 11.6 Å². The van der Waals surface area contributed by atoms with E-state index in [4.69, 9.17) is 0 Å². The molecule has 1 aliphatic heterocycles. The molecule has 25 heavy (non-hydrogen) atoms. The number of carbonyl (C=O) groups excluding carboxylic acids is 1. The average molecular weight is 372 g/mol. The lowest BCUT2D eigenvalue weighted by Gasteiger charge is -2.30. The van der Waals surface area contributed by atoms with Crippen LogP contribution in [0.3, 0.4) is 0 Å². The molecule has 0 bridgehead atoms. The number of rotatable bonds is 6. The first kappa shape index (κ1) is 19.4. The predicted molar refractivity (Wildman–Crippen MR) is 92.0 cm³/mol. The summed E-state index contributed by atoms with van der Waals surface area (Å²) >= 11 is 0. The molecule has 0 spiro atoms. The summed E-state index contributed by atoms with van der Waals surface area (Å²) in [7, 11) is -3.11. The lowest BCUT2D eigenvalue weighted by atomic mass is 10.1. The van der Waals surface area contributed by atoms with Gasteiger partial charge in [0.15, 0.2) is 9.84 Å². The zero-order valence-corrected chi connectivity index (χ0v) is 15.7. The zero-order chi connectivity index (χ0) is 18.9. The van der Waals surface area contributed by atoms with Crippen LogP contribution in [0, 0.1) is 29.9 Å². The van der Waals surface area contributed by atoms with Gasteiger partial charge >= 0.3 is 5.69 Å². The van der Waals surface area contributed by atoms with E-state index in [1.807, 2.05) is 13.8 Å². The van der Waals surface area contributed by atoms with Crippen LogP contribution >= 0.6 is 0 Å². The van der Waals surface area contributed by atoms with E-state index < -0.39 is 14.8 Å². The molecule has 0 aliphatic carbocycles. The summed E-state index contributed by atoms with van der Waals surface area (Å²) in [6, 6.07) is -0.341. The number of hydrogen-bond acceptors (Lipinski definition) is 6. The summed E-state index contributed by atoms with van der Waals surface area (Å²) in [5.41, 5.74) is 0.486. The second-order valence-electron chi connectivity index (χ2n) is 6.93. The van der Waals surface area contributed by atoms with Gasteiger partial charge in [-0.05, 0) is 26.2 Å². The van der Waals surface area contributed by atoms with Crippen molar-refractivity contribution in [1.29, 1.82) is 0 Å². The molecule has 1 atom stereocenters. The summed E-state index contributed by atoms with van der Waals surface area (Å²) in [6.07, 6.45) is 0.429. The molecule has 140 valence electrons. The molecule has 2 rings (SSSR count). The largest absolute Gasteiger partial charge is 0.337 e.